The molecule has 2 heterocycles. The van der Waals surface area contributed by atoms with Gasteiger partial charge in [-0.1, -0.05) is 0 Å². The molecule has 0 bridgehead atoms. The number of hydrogen-bond donors (Lipinski definition) is 1. The molecule has 1 aliphatic rings. The lowest BCUT2D eigenvalue weighted by atomic mass is 10.2. The first-order valence-electron chi connectivity index (χ1n) is 6.26. The van der Waals surface area contributed by atoms with Crippen LogP contribution in [0.2, 0.25) is 0 Å². The van der Waals surface area contributed by atoms with Gasteiger partial charge < -0.3 is 0 Å². The molecule has 6 nitrogen and oxygen atoms in total. The van der Waals surface area contributed by atoms with Crippen LogP contribution in [0.15, 0.2) is 11.0 Å². The number of H-pyrrole nitrogens is 1. The molecule has 0 fully saturated rings. The maximum Gasteiger partial charge on any atom is 0.255 e. The van der Waals surface area contributed by atoms with Gasteiger partial charge in [-0.3, -0.25) is 14.6 Å². The summed E-state index contributed by atoms with van der Waals surface area (Å²) < 4.78 is 1.51. The van der Waals surface area contributed by atoms with E-state index in [2.05, 4.69) is 15.1 Å². The number of hydrogen-bond acceptors (Lipinski definition) is 4. The minimum Gasteiger partial charge on any atom is -0.294 e. The van der Waals surface area contributed by atoms with E-state index in [0.717, 1.165) is 30.5 Å². The van der Waals surface area contributed by atoms with Crippen molar-refractivity contribution in [2.75, 3.05) is 0 Å². The van der Waals surface area contributed by atoms with Crippen LogP contribution >= 0.6 is 0 Å². The summed E-state index contributed by atoms with van der Waals surface area (Å²) in [6, 6.07) is 0. The molecule has 0 spiro atoms. The van der Waals surface area contributed by atoms with E-state index in [1.807, 2.05) is 0 Å². The van der Waals surface area contributed by atoms with Crippen LogP contribution < -0.4 is 5.56 Å². The largest absolute Gasteiger partial charge is 0.294 e. The second-order valence-electron chi connectivity index (χ2n) is 4.78. The molecule has 0 unspecified atom stereocenters. The highest BCUT2D eigenvalue weighted by Gasteiger charge is 2.19. The van der Waals surface area contributed by atoms with Crippen LogP contribution in [0.1, 0.15) is 40.7 Å². The summed E-state index contributed by atoms with van der Waals surface area (Å²) in [6.07, 6.45) is 4.08. The Morgan fingerprint density at radius 3 is 2.89 bits per heavy atom. The molecule has 98 valence electrons. The number of aromatic amines is 1. The van der Waals surface area contributed by atoms with Gasteiger partial charge in [-0.15, -0.1) is 0 Å². The van der Waals surface area contributed by atoms with Gasteiger partial charge in [0.05, 0.1) is 23.1 Å². The lowest BCUT2D eigenvalue weighted by molar-refractivity contribution is 0.101. The van der Waals surface area contributed by atoms with Crippen LogP contribution in [0.3, 0.4) is 0 Å². The fourth-order valence-corrected chi connectivity index (χ4v) is 2.50. The zero-order chi connectivity index (χ0) is 13.6. The van der Waals surface area contributed by atoms with E-state index >= 15 is 0 Å². The van der Waals surface area contributed by atoms with Crippen molar-refractivity contribution in [3.8, 4) is 5.95 Å². The highest BCUT2D eigenvalue weighted by atomic mass is 16.1. The highest BCUT2D eigenvalue weighted by molar-refractivity contribution is 5.94. The Hall–Kier alpha value is -2.24. The molecule has 0 radical (unpaired) electrons. The second-order valence-corrected chi connectivity index (χ2v) is 4.78. The number of rotatable bonds is 2. The van der Waals surface area contributed by atoms with Crippen molar-refractivity contribution in [2.24, 2.45) is 0 Å². The van der Waals surface area contributed by atoms with Gasteiger partial charge in [0.25, 0.3) is 5.56 Å². The summed E-state index contributed by atoms with van der Waals surface area (Å²) in [7, 11) is 0. The van der Waals surface area contributed by atoms with Crippen LogP contribution in [-0.2, 0) is 12.8 Å². The van der Waals surface area contributed by atoms with Crippen LogP contribution in [0.5, 0.6) is 0 Å². The predicted octanol–water partition coefficient (Wildman–Crippen LogP) is 0.955. The average Bonchev–Trinajstić information content (AvgIpc) is 2.94. The van der Waals surface area contributed by atoms with Gasteiger partial charge in [-0.05, 0) is 33.1 Å². The number of aryl methyl sites for hydroxylation is 1. The Morgan fingerprint density at radius 2 is 2.21 bits per heavy atom. The van der Waals surface area contributed by atoms with Crippen molar-refractivity contribution in [1.82, 2.24) is 19.7 Å². The van der Waals surface area contributed by atoms with Gasteiger partial charge in [0.2, 0.25) is 5.95 Å². The molecule has 6 heteroatoms. The number of Topliss-reactive ketones (excluding diaryl/α,β-unsaturated/α-hetero) is 1. The molecule has 2 aromatic rings. The number of nitrogens with zero attached hydrogens (tertiary/aromatic N) is 3. The standard InChI is InChI=1S/C13H14N4O2/c1-7-10(8(2)18)6-14-17(7)13-15-11-5-3-4-9(11)12(19)16-13/h6H,3-5H2,1-2H3,(H,15,16,19). The summed E-state index contributed by atoms with van der Waals surface area (Å²) in [5, 5.41) is 4.14. The van der Waals surface area contributed by atoms with E-state index in [1.54, 1.807) is 6.92 Å². The Kier molecular flexibility index (Phi) is 2.58. The molecular formula is C13H14N4O2. The topological polar surface area (TPSA) is 80.6 Å². The summed E-state index contributed by atoms with van der Waals surface area (Å²) in [5.74, 6) is 0.336. The number of aromatic nitrogens is 4. The third kappa shape index (κ3) is 1.80. The molecule has 0 aromatic carbocycles. The number of nitrogens with one attached hydrogen (secondary N) is 1. The quantitative estimate of drug-likeness (QED) is 0.813. The van der Waals surface area contributed by atoms with Crippen molar-refractivity contribution in [2.45, 2.75) is 33.1 Å². The van der Waals surface area contributed by atoms with Crippen LogP contribution in [0.4, 0.5) is 0 Å². The summed E-state index contributed by atoms with van der Waals surface area (Å²) >= 11 is 0. The Bertz CT molecular complexity index is 727. The third-order valence-electron chi connectivity index (χ3n) is 3.52. The molecule has 0 amide bonds. The molecule has 19 heavy (non-hydrogen) atoms. The molecule has 0 saturated carbocycles. The van der Waals surface area contributed by atoms with Crippen molar-refractivity contribution in [1.29, 1.82) is 0 Å². The van der Waals surface area contributed by atoms with Gasteiger partial charge in [0, 0.05) is 5.56 Å². The SMILES string of the molecule is CC(=O)c1cnn(-c2nc3c(c(=O)[nH]2)CCC3)c1C. The van der Waals surface area contributed by atoms with Crippen molar-refractivity contribution < 1.29 is 4.79 Å². The van der Waals surface area contributed by atoms with Gasteiger partial charge in [0.1, 0.15) is 0 Å². The lowest BCUT2D eigenvalue weighted by Gasteiger charge is -2.05. The molecule has 3 rings (SSSR count). The third-order valence-corrected chi connectivity index (χ3v) is 3.52. The molecule has 0 saturated heterocycles. The van der Waals surface area contributed by atoms with Crippen LogP contribution in [-0.4, -0.2) is 25.5 Å². The fraction of sp³-hybridized carbons (Fsp3) is 0.385. The maximum atomic E-state index is 12.0. The van der Waals surface area contributed by atoms with Gasteiger partial charge in [-0.25, -0.2) is 9.67 Å². The normalized spacial score (nSPS) is 13.6. The Labute approximate surface area is 109 Å². The molecule has 1 N–H and O–H groups in total. The smallest absolute Gasteiger partial charge is 0.255 e. The molecular weight excluding hydrogens is 244 g/mol. The summed E-state index contributed by atoms with van der Waals surface area (Å²) in [6.45, 7) is 3.28. The molecule has 1 aliphatic carbocycles. The van der Waals surface area contributed by atoms with Crippen molar-refractivity contribution >= 4 is 5.78 Å². The highest BCUT2D eigenvalue weighted by Crippen LogP contribution is 2.17. The van der Waals surface area contributed by atoms with E-state index in [4.69, 9.17) is 0 Å². The number of carbonyl (C=O) groups excluding carboxylic acids is 1. The van der Waals surface area contributed by atoms with E-state index in [9.17, 15) is 9.59 Å². The van der Waals surface area contributed by atoms with Crippen molar-refractivity contribution in [3.05, 3.63) is 39.1 Å². The predicted molar refractivity (Wildman–Crippen MR) is 68.7 cm³/mol. The van der Waals surface area contributed by atoms with Gasteiger partial charge in [-0.2, -0.15) is 5.10 Å². The maximum absolute atomic E-state index is 12.0. The zero-order valence-electron chi connectivity index (χ0n) is 10.9. The Morgan fingerprint density at radius 1 is 1.42 bits per heavy atom. The zero-order valence-corrected chi connectivity index (χ0v) is 10.9. The van der Waals surface area contributed by atoms with E-state index in [-0.39, 0.29) is 11.3 Å². The van der Waals surface area contributed by atoms with Crippen molar-refractivity contribution in [3.63, 3.8) is 0 Å². The van der Waals surface area contributed by atoms with Gasteiger partial charge in [0.15, 0.2) is 5.78 Å². The number of ketones is 1. The first kappa shape index (κ1) is 11.8. The molecule has 0 aliphatic heterocycles. The number of carbonyl (C=O) groups is 1. The Balaban J connectivity index is 2.16. The monoisotopic (exact) mass is 258 g/mol. The minimum atomic E-state index is -0.100. The average molecular weight is 258 g/mol. The second kappa shape index (κ2) is 4.15. The van der Waals surface area contributed by atoms with Crippen LogP contribution in [0, 0.1) is 6.92 Å². The van der Waals surface area contributed by atoms with Gasteiger partial charge >= 0.3 is 0 Å². The fourth-order valence-electron chi connectivity index (χ4n) is 2.50. The van der Waals surface area contributed by atoms with E-state index < -0.39 is 0 Å². The minimum absolute atomic E-state index is 0.0488. The summed E-state index contributed by atoms with van der Waals surface area (Å²) in [4.78, 5) is 30.6. The van der Waals surface area contributed by atoms with Crippen LogP contribution in [0.25, 0.3) is 5.95 Å². The summed E-state index contributed by atoms with van der Waals surface area (Å²) in [5.41, 5.74) is 2.76. The molecule has 0 atom stereocenters. The van der Waals surface area contributed by atoms with E-state index in [0.29, 0.717) is 17.2 Å². The molecule has 2 aromatic heterocycles. The first-order chi connectivity index (χ1) is 9.08. The van der Waals surface area contributed by atoms with E-state index in [1.165, 1.54) is 17.8 Å². The lowest BCUT2D eigenvalue weighted by Crippen LogP contribution is -2.19. The number of fused-ring (bicyclic) bond motifs is 1. The first-order valence-corrected chi connectivity index (χ1v) is 6.26.